The molecule has 1 aromatic heterocycles. The topological polar surface area (TPSA) is 34.2 Å². The number of para-hydroxylation sites is 1. The molecule has 0 aliphatic rings. The average molecular weight is 574 g/mol. The summed E-state index contributed by atoms with van der Waals surface area (Å²) in [6.45, 7) is 5.16. The summed E-state index contributed by atoms with van der Waals surface area (Å²) in [4.78, 5) is 4.46. The fourth-order valence-electron chi connectivity index (χ4n) is 4.57. The molecule has 2 aromatic carbocycles. The predicted octanol–water partition coefficient (Wildman–Crippen LogP) is 6.81. The molecule has 1 heterocycles. The number of alkyl halides is 3. The molecule has 0 aliphatic heterocycles. The van der Waals surface area contributed by atoms with Gasteiger partial charge in [0.15, 0.2) is 0 Å². The van der Waals surface area contributed by atoms with E-state index in [0.717, 1.165) is 0 Å². The fourth-order valence-corrected chi connectivity index (χ4v) is 5.20. The van der Waals surface area contributed by atoms with E-state index in [9.17, 15) is 17.6 Å². The molecule has 0 amide bonds. The number of rotatable bonds is 8. The molecule has 0 bridgehead atoms. The first kappa shape index (κ1) is 25.7. The number of aromatic nitrogens is 1. The first-order chi connectivity index (χ1) is 15.4. The normalized spacial score (nSPS) is 14.3. The smallest absolute Gasteiger partial charge is 0.406 e. The highest BCUT2D eigenvalue weighted by molar-refractivity contribution is 14.1. The van der Waals surface area contributed by atoms with Crippen LogP contribution < -0.4 is 10.1 Å². The van der Waals surface area contributed by atoms with Gasteiger partial charge in [-0.25, -0.2) is 9.37 Å². The number of benzene rings is 2. The van der Waals surface area contributed by atoms with Crippen molar-refractivity contribution < 1.29 is 22.3 Å². The van der Waals surface area contributed by atoms with E-state index in [1.807, 2.05) is 28.7 Å². The van der Waals surface area contributed by atoms with Crippen molar-refractivity contribution in [2.24, 2.45) is 0 Å². The summed E-state index contributed by atoms with van der Waals surface area (Å²) in [5.74, 6) is -0.160. The van der Waals surface area contributed by atoms with Crippen LogP contribution in [0.4, 0.5) is 17.6 Å². The minimum Gasteiger partial charge on any atom is -0.496 e. The van der Waals surface area contributed by atoms with Gasteiger partial charge in [-0.1, -0.05) is 39.0 Å². The van der Waals surface area contributed by atoms with Crippen molar-refractivity contribution >= 4 is 33.5 Å². The van der Waals surface area contributed by atoms with Crippen LogP contribution in [-0.4, -0.2) is 30.4 Å². The van der Waals surface area contributed by atoms with Gasteiger partial charge in [0.2, 0.25) is 0 Å². The fraction of sp³-hybridized carbons (Fsp3) is 0.400. The Morgan fingerprint density at radius 2 is 1.76 bits per heavy atom. The first-order valence-electron chi connectivity index (χ1n) is 10.6. The van der Waals surface area contributed by atoms with Gasteiger partial charge >= 0.3 is 6.18 Å². The molecule has 33 heavy (non-hydrogen) atoms. The van der Waals surface area contributed by atoms with Crippen LogP contribution >= 0.6 is 22.6 Å². The minimum absolute atomic E-state index is 0.121. The lowest BCUT2D eigenvalue weighted by Gasteiger charge is -2.43. The van der Waals surface area contributed by atoms with E-state index in [4.69, 9.17) is 4.74 Å². The Kier molecular flexibility index (Phi) is 7.58. The Hall–Kier alpha value is -1.94. The largest absolute Gasteiger partial charge is 0.496 e. The molecular formula is C25H27F4IN2O. The molecular weight excluding hydrogens is 547 g/mol. The van der Waals surface area contributed by atoms with E-state index in [2.05, 4.69) is 10.3 Å². The first-order valence-corrected chi connectivity index (χ1v) is 11.7. The monoisotopic (exact) mass is 574 g/mol. The van der Waals surface area contributed by atoms with Gasteiger partial charge in [0, 0.05) is 17.4 Å². The molecule has 1 unspecified atom stereocenters. The maximum Gasteiger partial charge on any atom is 0.406 e. The van der Waals surface area contributed by atoms with Crippen molar-refractivity contribution in [3.63, 3.8) is 0 Å². The van der Waals surface area contributed by atoms with Crippen molar-refractivity contribution in [3.8, 4) is 5.75 Å². The summed E-state index contributed by atoms with van der Waals surface area (Å²) in [6, 6.07) is 12.9. The number of pyridine rings is 1. The zero-order valence-electron chi connectivity index (χ0n) is 19.0. The Morgan fingerprint density at radius 1 is 1.06 bits per heavy atom. The van der Waals surface area contributed by atoms with Gasteiger partial charge in [-0.05, 0) is 76.9 Å². The molecule has 3 nitrogen and oxygen atoms in total. The SMILES string of the molecule is CCNC(Cc1cc(I)nc2ccccc12)(CC(C)(C)c1cc(F)ccc1OC)C(F)(F)F. The van der Waals surface area contributed by atoms with Crippen LogP contribution in [0.2, 0.25) is 0 Å². The van der Waals surface area contributed by atoms with Gasteiger partial charge in [0.1, 0.15) is 20.8 Å². The van der Waals surface area contributed by atoms with Crippen molar-refractivity contribution in [1.29, 1.82) is 0 Å². The van der Waals surface area contributed by atoms with E-state index in [1.165, 1.54) is 25.3 Å². The van der Waals surface area contributed by atoms with E-state index in [-0.39, 0.29) is 19.4 Å². The van der Waals surface area contributed by atoms with Crippen LogP contribution in [0.3, 0.4) is 0 Å². The van der Waals surface area contributed by atoms with Gasteiger partial charge in [-0.2, -0.15) is 13.2 Å². The van der Waals surface area contributed by atoms with Crippen molar-refractivity contribution in [1.82, 2.24) is 10.3 Å². The van der Waals surface area contributed by atoms with Crippen molar-refractivity contribution in [2.45, 2.75) is 50.7 Å². The zero-order valence-corrected chi connectivity index (χ0v) is 21.1. The molecule has 3 rings (SSSR count). The number of fused-ring (bicyclic) bond motifs is 1. The van der Waals surface area contributed by atoms with Gasteiger partial charge in [-0.3, -0.25) is 0 Å². The van der Waals surface area contributed by atoms with E-state index < -0.39 is 22.9 Å². The zero-order chi connectivity index (χ0) is 24.4. The molecule has 0 spiro atoms. The summed E-state index contributed by atoms with van der Waals surface area (Å²) in [7, 11) is 1.43. The van der Waals surface area contributed by atoms with Crippen molar-refractivity contribution in [2.75, 3.05) is 13.7 Å². The number of likely N-dealkylation sites (N-methyl/N-ethyl adjacent to an activating group) is 1. The summed E-state index contributed by atoms with van der Waals surface area (Å²) in [6.07, 6.45) is -5.18. The van der Waals surface area contributed by atoms with Crippen LogP contribution in [0.1, 0.15) is 38.3 Å². The third kappa shape index (κ3) is 5.42. The quantitative estimate of drug-likeness (QED) is 0.183. The third-order valence-corrected chi connectivity index (χ3v) is 6.51. The van der Waals surface area contributed by atoms with Crippen LogP contribution in [0.5, 0.6) is 5.75 Å². The molecule has 1 atom stereocenters. The molecule has 0 saturated heterocycles. The lowest BCUT2D eigenvalue weighted by molar-refractivity contribution is -0.202. The Balaban J connectivity index is 2.16. The molecule has 8 heteroatoms. The summed E-state index contributed by atoms with van der Waals surface area (Å²) in [5, 5.41) is 3.45. The molecule has 3 aromatic rings. The summed E-state index contributed by atoms with van der Waals surface area (Å²) >= 11 is 2.03. The van der Waals surface area contributed by atoms with Gasteiger partial charge in [0.05, 0.1) is 12.6 Å². The van der Waals surface area contributed by atoms with Crippen LogP contribution in [0, 0.1) is 9.52 Å². The second kappa shape index (κ2) is 9.74. The second-order valence-corrected chi connectivity index (χ2v) is 9.92. The number of nitrogens with one attached hydrogen (secondary N) is 1. The maximum absolute atomic E-state index is 14.9. The number of hydrogen-bond donors (Lipinski definition) is 1. The Morgan fingerprint density at radius 3 is 2.39 bits per heavy atom. The number of ether oxygens (including phenoxy) is 1. The Bertz CT molecular complexity index is 1130. The maximum atomic E-state index is 14.9. The van der Waals surface area contributed by atoms with E-state index in [1.54, 1.807) is 45.0 Å². The van der Waals surface area contributed by atoms with Gasteiger partial charge in [0.25, 0.3) is 0 Å². The highest BCUT2D eigenvalue weighted by Gasteiger charge is 2.56. The standard InChI is InChI=1S/C25H27F4IN2O/c1-5-31-24(25(27,28)29,14-16-12-22(30)32-20-9-7-6-8-18(16)20)15-23(2,3)19-13-17(26)10-11-21(19)33-4/h6-13,31H,5,14-15H2,1-4H3. The highest BCUT2D eigenvalue weighted by Crippen LogP contribution is 2.45. The number of methoxy groups -OCH3 is 1. The lowest BCUT2D eigenvalue weighted by Crippen LogP contribution is -2.60. The second-order valence-electron chi connectivity index (χ2n) is 8.81. The predicted molar refractivity (Wildman–Crippen MR) is 131 cm³/mol. The highest BCUT2D eigenvalue weighted by atomic mass is 127. The lowest BCUT2D eigenvalue weighted by atomic mass is 9.70. The van der Waals surface area contributed by atoms with Crippen molar-refractivity contribution in [3.05, 3.63) is 69.2 Å². The summed E-state index contributed by atoms with van der Waals surface area (Å²) < 4.78 is 64.7. The minimum atomic E-state index is -4.57. The van der Waals surface area contributed by atoms with E-state index in [0.29, 0.717) is 31.5 Å². The molecule has 178 valence electrons. The van der Waals surface area contributed by atoms with E-state index >= 15 is 0 Å². The molecule has 0 fully saturated rings. The van der Waals surface area contributed by atoms with Gasteiger partial charge < -0.3 is 10.1 Å². The number of halogens is 5. The number of hydrogen-bond acceptors (Lipinski definition) is 3. The molecule has 1 N–H and O–H groups in total. The molecule has 0 radical (unpaired) electrons. The summed E-state index contributed by atoms with van der Waals surface area (Å²) in [5.41, 5.74) is -1.70. The molecule has 0 saturated carbocycles. The Labute approximate surface area is 205 Å². The van der Waals surface area contributed by atoms with Crippen LogP contribution in [0.15, 0.2) is 48.5 Å². The molecule has 0 aliphatic carbocycles. The third-order valence-electron chi connectivity index (χ3n) is 5.95. The number of nitrogens with zero attached hydrogens (tertiary/aromatic N) is 1. The van der Waals surface area contributed by atoms with Gasteiger partial charge in [-0.15, -0.1) is 0 Å². The average Bonchev–Trinajstić information content (AvgIpc) is 2.72. The van der Waals surface area contributed by atoms with Crippen LogP contribution in [0.25, 0.3) is 10.9 Å². The van der Waals surface area contributed by atoms with Crippen LogP contribution in [-0.2, 0) is 11.8 Å².